The van der Waals surface area contributed by atoms with E-state index in [0.29, 0.717) is 10.6 Å². The summed E-state index contributed by atoms with van der Waals surface area (Å²) in [5.41, 5.74) is 2.56. The van der Waals surface area contributed by atoms with Crippen LogP contribution in [0.1, 0.15) is 11.1 Å². The fraction of sp³-hybridized carbons (Fsp3) is 0.0952. The van der Waals surface area contributed by atoms with Gasteiger partial charge in [0.1, 0.15) is 6.54 Å². The zero-order valence-electron chi connectivity index (χ0n) is 14.7. The molecule has 2 aromatic rings. The maximum Gasteiger partial charge on any atom is 0.294 e. The van der Waals surface area contributed by atoms with E-state index in [1.807, 2.05) is 61.5 Å². The molecule has 1 saturated heterocycles. The monoisotopic (exact) mass is 378 g/mol. The number of amides is 3. The van der Waals surface area contributed by atoms with Crippen molar-refractivity contribution < 1.29 is 14.4 Å². The fourth-order valence-corrected chi connectivity index (χ4v) is 3.30. The molecule has 0 saturated carbocycles. The van der Waals surface area contributed by atoms with Crippen LogP contribution < -0.4 is 5.32 Å². The normalized spacial score (nSPS) is 15.7. The topological polar surface area (TPSA) is 66.5 Å². The Labute approximate surface area is 161 Å². The van der Waals surface area contributed by atoms with Gasteiger partial charge in [0.25, 0.3) is 11.1 Å². The molecule has 27 heavy (non-hydrogen) atoms. The predicted molar refractivity (Wildman–Crippen MR) is 108 cm³/mol. The Bertz CT molecular complexity index is 935. The first-order valence-corrected chi connectivity index (χ1v) is 9.19. The minimum atomic E-state index is -0.456. The molecule has 0 radical (unpaired) electrons. The molecule has 3 rings (SSSR count). The molecule has 0 aromatic heterocycles. The number of allylic oxidation sites excluding steroid dienone is 2. The van der Waals surface area contributed by atoms with Crippen LogP contribution in [0.2, 0.25) is 0 Å². The highest BCUT2D eigenvalue weighted by atomic mass is 32.2. The van der Waals surface area contributed by atoms with Crippen molar-refractivity contribution in [2.75, 3.05) is 11.9 Å². The molecule has 0 bridgehead atoms. The average Bonchev–Trinajstić information content (AvgIpc) is 2.92. The van der Waals surface area contributed by atoms with Crippen molar-refractivity contribution in [2.45, 2.75) is 6.92 Å². The molecule has 1 N–H and O–H groups in total. The van der Waals surface area contributed by atoms with Crippen molar-refractivity contribution in [1.29, 1.82) is 0 Å². The third-order valence-corrected chi connectivity index (χ3v) is 4.86. The zero-order valence-corrected chi connectivity index (χ0v) is 15.5. The van der Waals surface area contributed by atoms with Gasteiger partial charge in [-0.3, -0.25) is 19.3 Å². The van der Waals surface area contributed by atoms with Crippen LogP contribution in [0.3, 0.4) is 0 Å². The molecule has 0 aliphatic carbocycles. The Balaban J connectivity index is 1.63. The number of rotatable bonds is 5. The van der Waals surface area contributed by atoms with E-state index >= 15 is 0 Å². The summed E-state index contributed by atoms with van der Waals surface area (Å²) in [7, 11) is 0. The summed E-state index contributed by atoms with van der Waals surface area (Å²) >= 11 is 0.836. The summed E-state index contributed by atoms with van der Waals surface area (Å²) in [6.07, 6.45) is 5.16. The predicted octanol–water partition coefficient (Wildman–Crippen LogP) is 4.23. The number of hydrogen-bond donors (Lipinski definition) is 1. The molecule has 1 heterocycles. The fourth-order valence-electron chi connectivity index (χ4n) is 2.51. The van der Waals surface area contributed by atoms with Crippen molar-refractivity contribution in [2.24, 2.45) is 0 Å². The maximum atomic E-state index is 12.4. The van der Waals surface area contributed by atoms with Crippen LogP contribution in [0.15, 0.2) is 71.7 Å². The van der Waals surface area contributed by atoms with Gasteiger partial charge in [-0.1, -0.05) is 60.7 Å². The number of para-hydroxylation sites is 1. The number of nitrogens with zero attached hydrogens (tertiary/aromatic N) is 1. The summed E-state index contributed by atoms with van der Waals surface area (Å²) in [6.45, 7) is 1.57. The molecule has 0 unspecified atom stereocenters. The van der Waals surface area contributed by atoms with Gasteiger partial charge in [0, 0.05) is 5.69 Å². The number of anilines is 1. The standard InChI is InChI=1S/C21H18N2O3S/c1-15-8-5-6-12-17(15)22-19(24)14-23-20(25)18(27-21(23)26)13-7-11-16-9-3-2-4-10-16/h2-13H,14H2,1H3,(H,22,24)/b11-7-,18-13+. The van der Waals surface area contributed by atoms with E-state index in [1.54, 1.807) is 18.2 Å². The van der Waals surface area contributed by atoms with Gasteiger partial charge in [-0.15, -0.1) is 0 Å². The molecule has 2 aromatic carbocycles. The minimum absolute atomic E-state index is 0.302. The highest BCUT2D eigenvalue weighted by Gasteiger charge is 2.35. The van der Waals surface area contributed by atoms with Crippen LogP contribution in [0, 0.1) is 6.92 Å². The van der Waals surface area contributed by atoms with Gasteiger partial charge >= 0.3 is 0 Å². The minimum Gasteiger partial charge on any atom is -0.324 e. The van der Waals surface area contributed by atoms with Crippen molar-refractivity contribution >= 4 is 40.6 Å². The highest BCUT2D eigenvalue weighted by molar-refractivity contribution is 8.18. The van der Waals surface area contributed by atoms with Gasteiger partial charge in [-0.25, -0.2) is 0 Å². The van der Waals surface area contributed by atoms with E-state index in [1.165, 1.54) is 0 Å². The van der Waals surface area contributed by atoms with Crippen molar-refractivity contribution in [1.82, 2.24) is 4.90 Å². The van der Waals surface area contributed by atoms with E-state index in [4.69, 9.17) is 0 Å². The summed E-state index contributed by atoms with van der Waals surface area (Å²) in [5.74, 6) is -0.865. The number of imide groups is 1. The Hall–Kier alpha value is -3.12. The van der Waals surface area contributed by atoms with E-state index in [2.05, 4.69) is 5.32 Å². The van der Waals surface area contributed by atoms with Crippen molar-refractivity contribution in [3.8, 4) is 0 Å². The van der Waals surface area contributed by atoms with Crippen LogP contribution in [0.25, 0.3) is 6.08 Å². The van der Waals surface area contributed by atoms with Crippen LogP contribution in [-0.2, 0) is 9.59 Å². The zero-order chi connectivity index (χ0) is 19.2. The van der Waals surface area contributed by atoms with Gasteiger partial charge in [0.2, 0.25) is 5.91 Å². The second-order valence-corrected chi connectivity index (χ2v) is 6.92. The summed E-state index contributed by atoms with van der Waals surface area (Å²) < 4.78 is 0. The first-order valence-electron chi connectivity index (χ1n) is 8.37. The molecular formula is C21H18N2O3S. The number of aryl methyl sites for hydroxylation is 1. The molecule has 6 heteroatoms. The molecule has 1 fully saturated rings. The highest BCUT2D eigenvalue weighted by Crippen LogP contribution is 2.30. The number of carbonyl (C=O) groups excluding carboxylic acids is 3. The van der Waals surface area contributed by atoms with Gasteiger partial charge in [0.15, 0.2) is 0 Å². The van der Waals surface area contributed by atoms with Gasteiger partial charge in [-0.05, 0) is 42.0 Å². The Morgan fingerprint density at radius 3 is 2.52 bits per heavy atom. The van der Waals surface area contributed by atoms with Crippen molar-refractivity contribution in [3.05, 3.63) is 82.8 Å². The van der Waals surface area contributed by atoms with E-state index in [0.717, 1.165) is 27.8 Å². The van der Waals surface area contributed by atoms with Gasteiger partial charge in [0.05, 0.1) is 4.91 Å². The number of benzene rings is 2. The third kappa shape index (κ3) is 4.74. The lowest BCUT2D eigenvalue weighted by Crippen LogP contribution is -2.36. The quantitative estimate of drug-likeness (QED) is 0.791. The van der Waals surface area contributed by atoms with Crippen LogP contribution >= 0.6 is 11.8 Å². The van der Waals surface area contributed by atoms with E-state index in [9.17, 15) is 14.4 Å². The largest absolute Gasteiger partial charge is 0.324 e. The summed E-state index contributed by atoms with van der Waals surface area (Å²) in [4.78, 5) is 38.0. The molecule has 1 aliphatic rings. The lowest BCUT2D eigenvalue weighted by Gasteiger charge is -2.13. The maximum absolute atomic E-state index is 12.4. The van der Waals surface area contributed by atoms with Crippen molar-refractivity contribution in [3.63, 3.8) is 0 Å². The first-order chi connectivity index (χ1) is 13.0. The van der Waals surface area contributed by atoms with Gasteiger partial charge in [-0.2, -0.15) is 0 Å². The number of carbonyl (C=O) groups is 3. The molecular weight excluding hydrogens is 360 g/mol. The SMILES string of the molecule is Cc1ccccc1NC(=O)CN1C(=O)S/C(=C/C=C\c2ccccc2)C1=O. The Morgan fingerprint density at radius 1 is 1.07 bits per heavy atom. The second-order valence-electron chi connectivity index (χ2n) is 5.92. The van der Waals surface area contributed by atoms with Crippen LogP contribution in [-0.4, -0.2) is 28.5 Å². The smallest absolute Gasteiger partial charge is 0.294 e. The summed E-state index contributed by atoms with van der Waals surface area (Å²) in [5, 5.41) is 2.28. The second kappa shape index (κ2) is 8.51. The Kier molecular flexibility index (Phi) is 5.88. The van der Waals surface area contributed by atoms with Gasteiger partial charge < -0.3 is 5.32 Å². The van der Waals surface area contributed by atoms with Crippen LogP contribution in [0.4, 0.5) is 10.5 Å². The molecule has 136 valence electrons. The molecule has 0 spiro atoms. The summed E-state index contributed by atoms with van der Waals surface area (Å²) in [6, 6.07) is 17.0. The first kappa shape index (κ1) is 18.7. The lowest BCUT2D eigenvalue weighted by atomic mass is 10.2. The molecule has 1 aliphatic heterocycles. The number of thioether (sulfide) groups is 1. The van der Waals surface area contributed by atoms with Crippen LogP contribution in [0.5, 0.6) is 0 Å². The molecule has 5 nitrogen and oxygen atoms in total. The number of hydrogen-bond acceptors (Lipinski definition) is 4. The third-order valence-electron chi connectivity index (χ3n) is 3.93. The molecule has 3 amide bonds. The molecule has 0 atom stereocenters. The van der Waals surface area contributed by atoms with E-state index < -0.39 is 17.1 Å². The lowest BCUT2D eigenvalue weighted by molar-refractivity contribution is -0.127. The van der Waals surface area contributed by atoms with E-state index in [-0.39, 0.29) is 6.54 Å². The number of nitrogens with one attached hydrogen (secondary N) is 1. The Morgan fingerprint density at radius 2 is 1.78 bits per heavy atom. The average molecular weight is 378 g/mol.